The van der Waals surface area contributed by atoms with Gasteiger partial charge < -0.3 is 19.5 Å². The van der Waals surface area contributed by atoms with Crippen LogP contribution in [0.1, 0.15) is 21.5 Å². The van der Waals surface area contributed by atoms with E-state index in [1.165, 1.54) is 12.1 Å². The van der Waals surface area contributed by atoms with E-state index in [0.29, 0.717) is 12.3 Å². The Balaban J connectivity index is 1.78. The number of hydrogen-bond acceptors (Lipinski definition) is 4. The lowest BCUT2D eigenvalue weighted by Gasteiger charge is -2.26. The van der Waals surface area contributed by atoms with E-state index in [9.17, 15) is 4.79 Å². The number of amidine groups is 1. The predicted molar refractivity (Wildman–Crippen MR) is 117 cm³/mol. The number of aryl methyl sites for hydroxylation is 1. The molecule has 0 radical (unpaired) electrons. The first-order chi connectivity index (χ1) is 14.5. The van der Waals surface area contributed by atoms with Gasteiger partial charge in [0.2, 0.25) is 0 Å². The molecule has 3 rings (SSSR count). The highest BCUT2D eigenvalue weighted by molar-refractivity contribution is 5.96. The van der Waals surface area contributed by atoms with E-state index in [-0.39, 0.29) is 18.0 Å². The van der Waals surface area contributed by atoms with Crippen molar-refractivity contribution in [2.45, 2.75) is 13.5 Å². The van der Waals surface area contributed by atoms with Crippen LogP contribution in [0, 0.1) is 12.3 Å². The van der Waals surface area contributed by atoms with Crippen LogP contribution < -0.4 is 14.4 Å². The Morgan fingerprint density at radius 3 is 2.40 bits per heavy atom. The highest BCUT2D eigenvalue weighted by Gasteiger charge is 2.15. The van der Waals surface area contributed by atoms with Crippen LogP contribution >= 0.6 is 0 Å². The molecular weight excluding hydrogens is 380 g/mol. The fourth-order valence-corrected chi connectivity index (χ4v) is 3.02. The molecule has 0 fully saturated rings. The van der Waals surface area contributed by atoms with Crippen LogP contribution in [0.25, 0.3) is 0 Å². The molecule has 0 atom stereocenters. The lowest BCUT2D eigenvalue weighted by Crippen LogP contribution is -2.34. The molecule has 0 aliphatic rings. The van der Waals surface area contributed by atoms with E-state index in [4.69, 9.17) is 20.0 Å². The summed E-state index contributed by atoms with van der Waals surface area (Å²) in [6.45, 7) is 2.54. The lowest BCUT2D eigenvalue weighted by atomic mass is 10.1. The van der Waals surface area contributed by atoms with Gasteiger partial charge in [-0.15, -0.1) is 0 Å². The van der Waals surface area contributed by atoms with Gasteiger partial charge in [-0.2, -0.15) is 0 Å². The number of hydrogen-bond donors (Lipinski definition) is 2. The van der Waals surface area contributed by atoms with Crippen LogP contribution in [0.3, 0.4) is 0 Å². The molecule has 2 N–H and O–H groups in total. The largest absolute Gasteiger partial charge is 0.497 e. The number of carboxylic acids is 1. The second-order valence-corrected chi connectivity index (χ2v) is 6.84. The molecule has 3 aromatic carbocycles. The van der Waals surface area contributed by atoms with Gasteiger partial charge in [-0.25, -0.2) is 4.79 Å². The predicted octanol–water partition coefficient (Wildman–Crippen LogP) is 4.76. The minimum atomic E-state index is -0.988. The van der Waals surface area contributed by atoms with Crippen molar-refractivity contribution in [3.8, 4) is 11.5 Å². The van der Waals surface area contributed by atoms with Crippen molar-refractivity contribution in [2.24, 2.45) is 0 Å². The number of nitrogens with one attached hydrogen (secondary N) is 1. The summed E-state index contributed by atoms with van der Waals surface area (Å²) in [6.07, 6.45) is 0. The molecule has 0 bridgehead atoms. The number of ether oxygens (including phenoxy) is 2. The topological polar surface area (TPSA) is 82.8 Å². The van der Waals surface area contributed by atoms with Gasteiger partial charge in [0.05, 0.1) is 12.7 Å². The van der Waals surface area contributed by atoms with Crippen molar-refractivity contribution in [2.75, 3.05) is 18.6 Å². The van der Waals surface area contributed by atoms with Crippen LogP contribution in [0.2, 0.25) is 0 Å². The van der Waals surface area contributed by atoms with Crippen molar-refractivity contribution < 1.29 is 19.4 Å². The maximum atomic E-state index is 11.0. The first-order valence-electron chi connectivity index (χ1n) is 9.47. The third-order valence-electron chi connectivity index (χ3n) is 4.59. The Labute approximate surface area is 175 Å². The van der Waals surface area contributed by atoms with E-state index >= 15 is 0 Å². The number of nitrogens with zero attached hydrogens (tertiary/aromatic N) is 1. The second-order valence-electron chi connectivity index (χ2n) is 6.84. The van der Waals surface area contributed by atoms with Crippen molar-refractivity contribution in [1.82, 2.24) is 0 Å². The average molecular weight is 404 g/mol. The third kappa shape index (κ3) is 5.38. The Bertz CT molecular complexity index is 1030. The van der Waals surface area contributed by atoms with Gasteiger partial charge in [0.15, 0.2) is 0 Å². The SMILES string of the molecule is COc1cccc(CN(C(=N)COc2ccc(C(=O)O)cc2)c2cccc(C)c2)c1. The average Bonchev–Trinajstić information content (AvgIpc) is 2.76. The Hall–Kier alpha value is -3.80. The van der Waals surface area contributed by atoms with Crippen LogP contribution in [-0.4, -0.2) is 30.6 Å². The van der Waals surface area contributed by atoms with E-state index in [2.05, 4.69) is 0 Å². The summed E-state index contributed by atoms with van der Waals surface area (Å²) in [6, 6.07) is 21.9. The highest BCUT2D eigenvalue weighted by atomic mass is 16.5. The van der Waals surface area contributed by atoms with Crippen molar-refractivity contribution in [3.05, 3.63) is 89.5 Å². The fraction of sp³-hybridized carbons (Fsp3) is 0.167. The number of aromatic carboxylic acids is 1. The summed E-state index contributed by atoms with van der Waals surface area (Å²) >= 11 is 0. The van der Waals surface area contributed by atoms with Crippen molar-refractivity contribution in [3.63, 3.8) is 0 Å². The zero-order valence-corrected chi connectivity index (χ0v) is 17.0. The molecule has 3 aromatic rings. The fourth-order valence-electron chi connectivity index (χ4n) is 3.02. The van der Waals surface area contributed by atoms with Crippen LogP contribution in [0.4, 0.5) is 5.69 Å². The van der Waals surface area contributed by atoms with E-state index in [1.54, 1.807) is 19.2 Å². The summed E-state index contributed by atoms with van der Waals surface area (Å²) in [7, 11) is 1.63. The van der Waals surface area contributed by atoms with Crippen molar-refractivity contribution >= 4 is 17.5 Å². The number of carbonyl (C=O) groups is 1. The molecule has 0 heterocycles. The van der Waals surface area contributed by atoms with Crippen LogP contribution in [0.5, 0.6) is 11.5 Å². The van der Waals surface area contributed by atoms with Gasteiger partial charge >= 0.3 is 5.97 Å². The Morgan fingerprint density at radius 1 is 1.00 bits per heavy atom. The maximum Gasteiger partial charge on any atom is 0.335 e. The summed E-state index contributed by atoms with van der Waals surface area (Å²) in [4.78, 5) is 12.9. The van der Waals surface area contributed by atoms with E-state index in [1.807, 2.05) is 60.4 Å². The molecular formula is C24H24N2O4. The molecule has 30 heavy (non-hydrogen) atoms. The normalized spacial score (nSPS) is 10.3. The molecule has 0 aromatic heterocycles. The van der Waals surface area contributed by atoms with Crippen molar-refractivity contribution in [1.29, 1.82) is 5.41 Å². The maximum absolute atomic E-state index is 11.0. The van der Waals surface area contributed by atoms with Crippen LogP contribution in [-0.2, 0) is 6.54 Å². The number of carboxylic acid groups (broad SMARTS) is 1. The molecule has 0 saturated carbocycles. The standard InChI is InChI=1S/C24H24N2O4/c1-17-5-3-7-20(13-17)26(15-18-6-4-8-22(14-18)29-2)23(25)16-30-21-11-9-19(10-12-21)24(27)28/h3-14,25H,15-16H2,1-2H3,(H,27,28). The molecule has 6 heteroatoms. The van der Waals surface area contributed by atoms with E-state index < -0.39 is 5.97 Å². The summed E-state index contributed by atoms with van der Waals surface area (Å²) in [5, 5.41) is 17.6. The second kappa shape index (κ2) is 9.60. The van der Waals surface area contributed by atoms with Crippen LogP contribution in [0.15, 0.2) is 72.8 Å². The number of methoxy groups -OCH3 is 1. The summed E-state index contributed by atoms with van der Waals surface area (Å²) in [5.74, 6) is 0.567. The molecule has 0 saturated heterocycles. The zero-order chi connectivity index (χ0) is 21.5. The molecule has 0 spiro atoms. The lowest BCUT2D eigenvalue weighted by molar-refractivity contribution is 0.0697. The molecule has 0 aliphatic heterocycles. The van der Waals surface area contributed by atoms with Gasteiger partial charge in [-0.3, -0.25) is 5.41 Å². The highest BCUT2D eigenvalue weighted by Crippen LogP contribution is 2.22. The molecule has 0 amide bonds. The minimum absolute atomic E-state index is 0.0460. The summed E-state index contributed by atoms with van der Waals surface area (Å²) < 4.78 is 11.0. The van der Waals surface area contributed by atoms with Gasteiger partial charge in [-0.1, -0.05) is 24.3 Å². The van der Waals surface area contributed by atoms with Gasteiger partial charge in [0.1, 0.15) is 23.9 Å². The number of anilines is 1. The smallest absolute Gasteiger partial charge is 0.335 e. The zero-order valence-electron chi connectivity index (χ0n) is 17.0. The molecule has 154 valence electrons. The first kappa shape index (κ1) is 20.9. The number of benzene rings is 3. The number of rotatable bonds is 8. The molecule has 6 nitrogen and oxygen atoms in total. The minimum Gasteiger partial charge on any atom is -0.497 e. The Kier molecular flexibility index (Phi) is 6.70. The van der Waals surface area contributed by atoms with E-state index in [0.717, 1.165) is 22.6 Å². The first-order valence-corrected chi connectivity index (χ1v) is 9.47. The quantitative estimate of drug-likeness (QED) is 0.418. The monoisotopic (exact) mass is 404 g/mol. The molecule has 0 aliphatic carbocycles. The van der Waals surface area contributed by atoms with Gasteiger partial charge in [-0.05, 0) is 66.6 Å². The van der Waals surface area contributed by atoms with Gasteiger partial charge in [0.25, 0.3) is 0 Å². The Morgan fingerprint density at radius 2 is 1.73 bits per heavy atom. The van der Waals surface area contributed by atoms with Gasteiger partial charge in [0, 0.05) is 12.2 Å². The molecule has 0 unspecified atom stereocenters. The third-order valence-corrected chi connectivity index (χ3v) is 4.59. The summed E-state index contributed by atoms with van der Waals surface area (Å²) in [5.41, 5.74) is 3.19.